The Morgan fingerprint density at radius 2 is 1.80 bits per heavy atom. The lowest BCUT2D eigenvalue weighted by Gasteiger charge is -2.27. The maximum absolute atomic E-state index is 5.66. The highest BCUT2D eigenvalue weighted by Crippen LogP contribution is 2.33. The Morgan fingerprint density at radius 3 is 2.52 bits per heavy atom. The minimum Gasteiger partial charge on any atom is -0.348 e. The van der Waals surface area contributed by atoms with Crippen LogP contribution in [0.4, 0.5) is 0 Å². The number of nitrogens with one attached hydrogen (secondary N) is 2. The Balaban J connectivity index is 1.41. The van der Waals surface area contributed by atoms with Crippen LogP contribution in [0.25, 0.3) is 10.8 Å². The third-order valence-electron chi connectivity index (χ3n) is 5.72. The first-order valence-corrected chi connectivity index (χ1v) is 9.75. The summed E-state index contributed by atoms with van der Waals surface area (Å²) in [4.78, 5) is 6.95. The van der Waals surface area contributed by atoms with Gasteiger partial charge < -0.3 is 4.90 Å². The lowest BCUT2D eigenvalue weighted by Crippen LogP contribution is -2.48. The quantitative estimate of drug-likeness (QED) is 0.648. The number of hydrogen-bond donors (Lipinski definition) is 2. The molecular formula is C20H26N4S. The maximum Gasteiger partial charge on any atom is 0.183 e. The Hall–Kier alpha value is -1.72. The number of hydrogen-bond acceptors (Lipinski definition) is 3. The summed E-state index contributed by atoms with van der Waals surface area (Å²) in [6.45, 7) is 4.33. The van der Waals surface area contributed by atoms with Gasteiger partial charge in [-0.2, -0.15) is 0 Å². The van der Waals surface area contributed by atoms with E-state index in [-0.39, 0.29) is 6.04 Å². The number of thiocarbonyl (C=S) groups is 1. The molecule has 1 saturated carbocycles. The Morgan fingerprint density at radius 1 is 1.12 bits per heavy atom. The minimum absolute atomic E-state index is 0.0766. The van der Waals surface area contributed by atoms with E-state index in [2.05, 4.69) is 58.0 Å². The van der Waals surface area contributed by atoms with E-state index in [9.17, 15) is 0 Å². The number of fused-ring (bicyclic) bond motifs is 5. The molecule has 0 amide bonds. The molecule has 132 valence electrons. The van der Waals surface area contributed by atoms with Gasteiger partial charge in [-0.25, -0.2) is 5.43 Å². The summed E-state index contributed by atoms with van der Waals surface area (Å²) >= 11 is 5.66. The van der Waals surface area contributed by atoms with E-state index < -0.39 is 0 Å². The summed E-state index contributed by atoms with van der Waals surface area (Å²) < 4.78 is 0. The summed E-state index contributed by atoms with van der Waals surface area (Å²) in [5, 5.41) is 3.23. The number of hydrazine groups is 1. The second kappa shape index (κ2) is 7.26. The van der Waals surface area contributed by atoms with E-state index in [4.69, 9.17) is 12.2 Å². The average molecular weight is 355 g/mol. The van der Waals surface area contributed by atoms with Crippen LogP contribution in [0.2, 0.25) is 0 Å². The van der Waals surface area contributed by atoms with Crippen molar-refractivity contribution >= 4 is 28.1 Å². The molecule has 2 N–H and O–H groups in total. The van der Waals surface area contributed by atoms with Gasteiger partial charge in [0.05, 0.1) is 11.7 Å². The Kier molecular flexibility index (Phi) is 4.86. The Labute approximate surface area is 155 Å². The summed E-state index contributed by atoms with van der Waals surface area (Å²) in [7, 11) is 0. The molecule has 3 fully saturated rings. The van der Waals surface area contributed by atoms with Crippen LogP contribution in [0.15, 0.2) is 36.5 Å². The minimum atomic E-state index is 0.0766. The molecule has 2 bridgehead atoms. The van der Waals surface area contributed by atoms with Gasteiger partial charge >= 0.3 is 0 Å². The molecule has 0 spiro atoms. The van der Waals surface area contributed by atoms with Crippen molar-refractivity contribution in [2.75, 3.05) is 13.1 Å². The average Bonchev–Trinajstić information content (AvgIpc) is 2.99. The van der Waals surface area contributed by atoms with E-state index in [1.54, 1.807) is 0 Å². The molecule has 1 aromatic heterocycles. The molecule has 2 saturated heterocycles. The van der Waals surface area contributed by atoms with Gasteiger partial charge in [0, 0.05) is 24.7 Å². The van der Waals surface area contributed by atoms with Crippen LogP contribution in [0.1, 0.15) is 44.3 Å². The largest absolute Gasteiger partial charge is 0.348 e. The smallest absolute Gasteiger partial charge is 0.183 e. The molecule has 0 radical (unpaired) electrons. The van der Waals surface area contributed by atoms with Gasteiger partial charge in [0.2, 0.25) is 0 Å². The molecule has 0 unspecified atom stereocenters. The zero-order chi connectivity index (χ0) is 17.2. The molecule has 5 rings (SSSR count). The first kappa shape index (κ1) is 16.7. The van der Waals surface area contributed by atoms with E-state index in [0.717, 1.165) is 35.7 Å². The summed E-state index contributed by atoms with van der Waals surface area (Å²) in [6.07, 6.45) is 7.35. The number of rotatable bonds is 3. The molecule has 2 aliphatic heterocycles. The van der Waals surface area contributed by atoms with Crippen molar-refractivity contribution in [3.8, 4) is 0 Å². The fourth-order valence-corrected chi connectivity index (χ4v) is 4.47. The predicted molar refractivity (Wildman–Crippen MR) is 106 cm³/mol. The van der Waals surface area contributed by atoms with Gasteiger partial charge in [-0.1, -0.05) is 24.3 Å². The van der Waals surface area contributed by atoms with Crippen LogP contribution in [0.3, 0.4) is 0 Å². The van der Waals surface area contributed by atoms with Crippen molar-refractivity contribution in [3.63, 3.8) is 0 Å². The molecule has 1 atom stereocenters. The zero-order valence-electron chi connectivity index (χ0n) is 14.7. The second-order valence-corrected chi connectivity index (χ2v) is 7.89. The predicted octanol–water partition coefficient (Wildman–Crippen LogP) is 3.80. The fourth-order valence-electron chi connectivity index (χ4n) is 4.27. The van der Waals surface area contributed by atoms with E-state index in [1.165, 1.54) is 36.5 Å². The van der Waals surface area contributed by atoms with Crippen molar-refractivity contribution in [1.82, 2.24) is 20.7 Å². The normalized spacial score (nSPS) is 24.1. The molecule has 5 heteroatoms. The summed E-state index contributed by atoms with van der Waals surface area (Å²) in [5.74, 6) is 1.63. The van der Waals surface area contributed by atoms with Gasteiger partial charge in [0.1, 0.15) is 0 Å². The van der Waals surface area contributed by atoms with E-state index in [0.29, 0.717) is 0 Å². The van der Waals surface area contributed by atoms with E-state index in [1.807, 2.05) is 6.20 Å². The standard InChI is InChI=1S/C20H26N4S/c1-14(19-18-5-3-2-4-17(18)10-11-21-19)22-23-20(25)24-12-15-6-7-16(13-24)9-8-15/h2-5,10-11,14-16,22H,6-9,12-13H2,1H3,(H,23,25)/t14-,15?,16?/m1/s1. The Bertz CT molecular complexity index is 735. The third-order valence-corrected chi connectivity index (χ3v) is 6.08. The molecule has 3 aliphatic rings. The lowest BCUT2D eigenvalue weighted by molar-refractivity contribution is 0.326. The van der Waals surface area contributed by atoms with Crippen LogP contribution < -0.4 is 10.9 Å². The van der Waals surface area contributed by atoms with Crippen molar-refractivity contribution < 1.29 is 0 Å². The first-order valence-electron chi connectivity index (χ1n) is 9.35. The molecule has 25 heavy (non-hydrogen) atoms. The molecule has 2 aromatic rings. The van der Waals surface area contributed by atoms with Gasteiger partial charge in [-0.15, -0.1) is 0 Å². The second-order valence-electron chi connectivity index (χ2n) is 7.51. The number of aromatic nitrogens is 1. The zero-order valence-corrected chi connectivity index (χ0v) is 15.6. The highest BCUT2D eigenvalue weighted by atomic mass is 32.1. The molecule has 4 nitrogen and oxygen atoms in total. The molecular weight excluding hydrogens is 328 g/mol. The van der Waals surface area contributed by atoms with E-state index >= 15 is 0 Å². The SMILES string of the molecule is C[C@@H](NNC(=S)N1CC2CCC(CC2)C1)c1nccc2ccccc12. The highest BCUT2D eigenvalue weighted by Gasteiger charge is 2.30. The van der Waals surface area contributed by atoms with Crippen LogP contribution in [-0.4, -0.2) is 28.1 Å². The van der Waals surface area contributed by atoms with Gasteiger partial charge in [0.15, 0.2) is 5.11 Å². The van der Waals surface area contributed by atoms with Gasteiger partial charge in [0.25, 0.3) is 0 Å². The monoisotopic (exact) mass is 354 g/mol. The van der Waals surface area contributed by atoms with Crippen LogP contribution in [-0.2, 0) is 0 Å². The molecule has 1 aromatic carbocycles. The van der Waals surface area contributed by atoms with Crippen molar-refractivity contribution in [2.24, 2.45) is 11.8 Å². The van der Waals surface area contributed by atoms with Crippen molar-refractivity contribution in [2.45, 2.75) is 38.6 Å². The van der Waals surface area contributed by atoms with Crippen LogP contribution >= 0.6 is 12.2 Å². The fraction of sp³-hybridized carbons (Fsp3) is 0.500. The third kappa shape index (κ3) is 3.62. The molecule has 3 heterocycles. The number of nitrogens with zero attached hydrogens (tertiary/aromatic N) is 2. The van der Waals surface area contributed by atoms with Crippen molar-refractivity contribution in [3.05, 3.63) is 42.2 Å². The number of benzene rings is 1. The number of pyridine rings is 1. The topological polar surface area (TPSA) is 40.2 Å². The first-order chi connectivity index (χ1) is 12.2. The maximum atomic E-state index is 5.66. The summed E-state index contributed by atoms with van der Waals surface area (Å²) in [5.41, 5.74) is 7.69. The summed E-state index contributed by atoms with van der Waals surface area (Å²) in [6, 6.07) is 10.5. The molecule has 1 aliphatic carbocycles. The lowest BCUT2D eigenvalue weighted by atomic mass is 9.84. The van der Waals surface area contributed by atoms with Crippen LogP contribution in [0.5, 0.6) is 0 Å². The van der Waals surface area contributed by atoms with Gasteiger partial charge in [-0.05, 0) is 68.1 Å². The van der Waals surface area contributed by atoms with Crippen molar-refractivity contribution in [1.29, 1.82) is 0 Å². The highest BCUT2D eigenvalue weighted by molar-refractivity contribution is 7.80. The van der Waals surface area contributed by atoms with Crippen LogP contribution in [0, 0.1) is 11.8 Å². The van der Waals surface area contributed by atoms with Gasteiger partial charge in [-0.3, -0.25) is 10.4 Å².